The first-order valence-corrected chi connectivity index (χ1v) is 9.57. The summed E-state index contributed by atoms with van der Waals surface area (Å²) in [6.07, 6.45) is 8.70. The molecular weight excluding hydrogens is 459 g/mol. The fourth-order valence-electron chi connectivity index (χ4n) is 2.66. The Morgan fingerprint density at radius 2 is 1.89 bits per heavy atom. The van der Waals surface area contributed by atoms with Crippen LogP contribution in [0.5, 0.6) is 0 Å². The number of nitriles is 1. The van der Waals surface area contributed by atoms with Gasteiger partial charge in [-0.05, 0) is 53.3 Å². The lowest BCUT2D eigenvalue weighted by Crippen LogP contribution is -2.14. The summed E-state index contributed by atoms with van der Waals surface area (Å²) in [6, 6.07) is 14.8. The Morgan fingerprint density at radius 3 is 2.46 bits per heavy atom. The van der Waals surface area contributed by atoms with E-state index in [4.69, 9.17) is 10.8 Å². The van der Waals surface area contributed by atoms with Crippen LogP contribution in [0, 0.1) is 25.7 Å². The SMILES string of the molecule is C=C\C=C/C(=C\C)C(/C(=N)c1ccccc1I)=C(/C(=N)C#N)c1ccccn1. The van der Waals surface area contributed by atoms with Crippen molar-refractivity contribution < 1.29 is 0 Å². The fraction of sp³-hybridized carbons (Fsp3) is 0.0435. The Balaban J connectivity index is 2.91. The van der Waals surface area contributed by atoms with Gasteiger partial charge in [-0.1, -0.05) is 55.1 Å². The number of rotatable bonds is 7. The second-order valence-electron chi connectivity index (χ2n) is 5.65. The third-order valence-corrected chi connectivity index (χ3v) is 4.88. The Labute approximate surface area is 178 Å². The molecule has 0 fully saturated rings. The second kappa shape index (κ2) is 10.3. The molecule has 0 aliphatic rings. The number of hydrogen-bond acceptors (Lipinski definition) is 4. The van der Waals surface area contributed by atoms with Crippen LogP contribution in [0.4, 0.5) is 0 Å². The zero-order chi connectivity index (χ0) is 20.5. The minimum Gasteiger partial charge on any atom is -0.300 e. The van der Waals surface area contributed by atoms with Crippen LogP contribution >= 0.6 is 22.6 Å². The highest BCUT2D eigenvalue weighted by Gasteiger charge is 2.23. The van der Waals surface area contributed by atoms with E-state index < -0.39 is 0 Å². The summed E-state index contributed by atoms with van der Waals surface area (Å²) in [5, 5.41) is 26.7. The van der Waals surface area contributed by atoms with Crippen LogP contribution in [0.2, 0.25) is 0 Å². The van der Waals surface area contributed by atoms with Crippen LogP contribution in [-0.4, -0.2) is 16.4 Å². The topological polar surface area (TPSA) is 84.4 Å². The number of aromatic nitrogens is 1. The minimum atomic E-state index is -0.240. The summed E-state index contributed by atoms with van der Waals surface area (Å²) in [6.45, 7) is 5.56. The molecule has 5 heteroatoms. The van der Waals surface area contributed by atoms with Gasteiger partial charge in [-0.25, -0.2) is 0 Å². The summed E-state index contributed by atoms with van der Waals surface area (Å²) in [7, 11) is 0. The third kappa shape index (κ3) is 4.78. The lowest BCUT2D eigenvalue weighted by atomic mass is 9.87. The third-order valence-electron chi connectivity index (χ3n) is 3.94. The van der Waals surface area contributed by atoms with E-state index in [-0.39, 0.29) is 11.4 Å². The molecule has 0 atom stereocenters. The minimum absolute atomic E-state index is 0.229. The summed E-state index contributed by atoms with van der Waals surface area (Å²) in [5.41, 5.74) is 2.72. The van der Waals surface area contributed by atoms with E-state index in [0.717, 1.165) is 9.13 Å². The zero-order valence-corrected chi connectivity index (χ0v) is 17.6. The summed E-state index contributed by atoms with van der Waals surface area (Å²) < 4.78 is 0.912. The van der Waals surface area contributed by atoms with Gasteiger partial charge in [-0.2, -0.15) is 5.26 Å². The van der Waals surface area contributed by atoms with Crippen LogP contribution in [0.15, 0.2) is 90.7 Å². The van der Waals surface area contributed by atoms with Gasteiger partial charge < -0.3 is 0 Å². The zero-order valence-electron chi connectivity index (χ0n) is 15.4. The molecule has 0 radical (unpaired) electrons. The van der Waals surface area contributed by atoms with Crippen molar-refractivity contribution in [2.45, 2.75) is 6.92 Å². The van der Waals surface area contributed by atoms with Gasteiger partial charge in [0.15, 0.2) is 0 Å². The maximum absolute atomic E-state index is 9.49. The lowest BCUT2D eigenvalue weighted by molar-refractivity contribution is 1.27. The molecule has 0 aliphatic heterocycles. The summed E-state index contributed by atoms with van der Waals surface area (Å²) >= 11 is 2.19. The quantitative estimate of drug-likeness (QED) is 0.302. The summed E-state index contributed by atoms with van der Waals surface area (Å²) in [4.78, 5) is 4.34. The van der Waals surface area contributed by atoms with Crippen LogP contribution in [0.25, 0.3) is 5.57 Å². The average molecular weight is 478 g/mol. The predicted octanol–water partition coefficient (Wildman–Crippen LogP) is 5.74. The highest BCUT2D eigenvalue weighted by Crippen LogP contribution is 2.29. The van der Waals surface area contributed by atoms with Gasteiger partial charge >= 0.3 is 0 Å². The highest BCUT2D eigenvalue weighted by atomic mass is 127. The molecule has 2 rings (SSSR count). The monoisotopic (exact) mass is 478 g/mol. The number of benzene rings is 1. The number of nitrogens with zero attached hydrogens (tertiary/aromatic N) is 2. The molecule has 1 heterocycles. The molecule has 0 unspecified atom stereocenters. The normalized spacial score (nSPS) is 12.2. The van der Waals surface area contributed by atoms with Crippen LogP contribution in [0.1, 0.15) is 18.2 Å². The predicted molar refractivity (Wildman–Crippen MR) is 124 cm³/mol. The molecule has 0 saturated heterocycles. The first-order valence-electron chi connectivity index (χ1n) is 8.49. The first-order chi connectivity index (χ1) is 13.5. The molecule has 28 heavy (non-hydrogen) atoms. The average Bonchev–Trinajstić information content (AvgIpc) is 2.73. The molecule has 0 bridgehead atoms. The maximum atomic E-state index is 9.49. The van der Waals surface area contributed by atoms with Crippen molar-refractivity contribution in [3.63, 3.8) is 0 Å². The number of halogens is 1. The lowest BCUT2D eigenvalue weighted by Gasteiger charge is -2.17. The molecule has 1 aromatic carbocycles. The van der Waals surface area contributed by atoms with Crippen LogP contribution < -0.4 is 0 Å². The smallest absolute Gasteiger partial charge is 0.142 e. The van der Waals surface area contributed by atoms with Crippen LogP contribution in [0.3, 0.4) is 0 Å². The molecule has 138 valence electrons. The molecule has 2 N–H and O–H groups in total. The molecule has 0 saturated carbocycles. The van der Waals surface area contributed by atoms with E-state index in [2.05, 4.69) is 34.2 Å². The van der Waals surface area contributed by atoms with Gasteiger partial charge in [-0.3, -0.25) is 15.8 Å². The molecule has 0 aliphatic carbocycles. The fourth-order valence-corrected chi connectivity index (χ4v) is 3.31. The van der Waals surface area contributed by atoms with Gasteiger partial charge in [0, 0.05) is 26.5 Å². The Morgan fingerprint density at radius 1 is 1.18 bits per heavy atom. The summed E-state index contributed by atoms with van der Waals surface area (Å²) in [5.74, 6) is 0. The van der Waals surface area contributed by atoms with Crippen molar-refractivity contribution in [1.82, 2.24) is 4.98 Å². The van der Waals surface area contributed by atoms with E-state index in [1.54, 1.807) is 36.5 Å². The van der Waals surface area contributed by atoms with E-state index in [9.17, 15) is 5.26 Å². The molecule has 4 nitrogen and oxygen atoms in total. The van der Waals surface area contributed by atoms with Crippen molar-refractivity contribution in [2.75, 3.05) is 0 Å². The maximum Gasteiger partial charge on any atom is 0.142 e. The van der Waals surface area contributed by atoms with E-state index >= 15 is 0 Å². The standard InChI is InChI=1S/C23H19IN4/c1-3-5-10-16(4-2)21(23(27)17-11-6-7-12-18(17)24)22(19(26)15-25)20-13-8-9-14-28-20/h3-14,26-27H,1H2,2H3/b10-5-,16-4+,22-21+,26-19?,27-23?. The van der Waals surface area contributed by atoms with Crippen molar-refractivity contribution in [3.8, 4) is 6.07 Å². The van der Waals surface area contributed by atoms with Crippen molar-refractivity contribution in [3.05, 3.63) is 106 Å². The molecule has 0 amide bonds. The van der Waals surface area contributed by atoms with Gasteiger partial charge in [-0.15, -0.1) is 0 Å². The van der Waals surface area contributed by atoms with Gasteiger partial charge in [0.25, 0.3) is 0 Å². The second-order valence-corrected chi connectivity index (χ2v) is 6.81. The molecular formula is C23H19IN4. The van der Waals surface area contributed by atoms with Gasteiger partial charge in [0.1, 0.15) is 11.8 Å². The largest absolute Gasteiger partial charge is 0.300 e. The van der Waals surface area contributed by atoms with Crippen molar-refractivity contribution in [1.29, 1.82) is 16.1 Å². The molecule has 0 spiro atoms. The number of allylic oxidation sites excluding steroid dienone is 7. The Hall–Kier alpha value is -3.11. The van der Waals surface area contributed by atoms with E-state index in [1.165, 1.54) is 0 Å². The highest BCUT2D eigenvalue weighted by molar-refractivity contribution is 14.1. The number of nitrogens with one attached hydrogen (secondary N) is 2. The van der Waals surface area contributed by atoms with Gasteiger partial charge in [0.2, 0.25) is 0 Å². The Bertz CT molecular complexity index is 1040. The Kier molecular flexibility index (Phi) is 7.78. The van der Waals surface area contributed by atoms with Gasteiger partial charge in [0.05, 0.1) is 11.4 Å². The van der Waals surface area contributed by atoms with E-state index in [1.807, 2.05) is 49.4 Å². The number of hydrogen-bond donors (Lipinski definition) is 2. The molecule has 1 aromatic heterocycles. The molecule has 2 aromatic rings. The first kappa shape index (κ1) is 21.2. The van der Waals surface area contributed by atoms with E-state index in [0.29, 0.717) is 22.4 Å². The van der Waals surface area contributed by atoms with Crippen molar-refractivity contribution >= 4 is 39.6 Å². The van der Waals surface area contributed by atoms with Crippen molar-refractivity contribution in [2.24, 2.45) is 0 Å². The number of pyridine rings is 1. The van der Waals surface area contributed by atoms with Crippen LogP contribution in [-0.2, 0) is 0 Å².